The van der Waals surface area contributed by atoms with E-state index in [1.807, 2.05) is 12.1 Å². The summed E-state index contributed by atoms with van der Waals surface area (Å²) in [5.74, 6) is 0.423. The fourth-order valence-corrected chi connectivity index (χ4v) is 3.08. The lowest BCUT2D eigenvalue weighted by Crippen LogP contribution is -2.15. The van der Waals surface area contributed by atoms with Crippen LogP contribution in [0.2, 0.25) is 0 Å². The van der Waals surface area contributed by atoms with Crippen LogP contribution in [0.3, 0.4) is 0 Å². The number of hydrogen-bond donors (Lipinski definition) is 1. The number of rotatable bonds is 4. The van der Waals surface area contributed by atoms with E-state index in [2.05, 4.69) is 14.7 Å². The molecule has 1 N–H and O–H groups in total. The lowest BCUT2D eigenvalue weighted by atomic mass is 10.2. The Balaban J connectivity index is 2.03. The van der Waals surface area contributed by atoms with Crippen molar-refractivity contribution >= 4 is 26.6 Å². The van der Waals surface area contributed by atoms with Crippen LogP contribution in [0.1, 0.15) is 0 Å². The zero-order valence-corrected chi connectivity index (χ0v) is 12.5. The summed E-state index contributed by atoms with van der Waals surface area (Å²) in [6.07, 6.45) is 3.00. The van der Waals surface area contributed by atoms with E-state index in [4.69, 9.17) is 4.74 Å². The molecule has 3 aromatic rings. The molecule has 2 aromatic heterocycles. The molecule has 6 nitrogen and oxygen atoms in total. The highest BCUT2D eigenvalue weighted by Crippen LogP contribution is 2.24. The Morgan fingerprint density at radius 2 is 1.86 bits per heavy atom. The fourth-order valence-electron chi connectivity index (χ4n) is 2.05. The first-order valence-electron chi connectivity index (χ1n) is 6.47. The van der Waals surface area contributed by atoms with Crippen molar-refractivity contribution in [2.24, 2.45) is 0 Å². The highest BCUT2D eigenvalue weighted by Gasteiger charge is 2.18. The number of sulfonamides is 1. The second-order valence-electron chi connectivity index (χ2n) is 4.52. The van der Waals surface area contributed by atoms with Gasteiger partial charge in [0.15, 0.2) is 5.03 Å². The molecular weight excluding hydrogens is 302 g/mol. The summed E-state index contributed by atoms with van der Waals surface area (Å²) in [4.78, 5) is 8.11. The van der Waals surface area contributed by atoms with Gasteiger partial charge < -0.3 is 4.74 Å². The lowest BCUT2D eigenvalue weighted by Gasteiger charge is -2.10. The van der Waals surface area contributed by atoms with Crippen LogP contribution in [0.25, 0.3) is 10.9 Å². The van der Waals surface area contributed by atoms with Gasteiger partial charge in [-0.2, -0.15) is 8.42 Å². The van der Waals surface area contributed by atoms with Crippen LogP contribution in [0, 0.1) is 0 Å². The number of para-hydroxylation sites is 1. The molecule has 0 spiro atoms. The molecular formula is C15H13N3O3S. The third kappa shape index (κ3) is 2.71. The second-order valence-corrected chi connectivity index (χ2v) is 6.15. The van der Waals surface area contributed by atoms with Crippen LogP contribution >= 0.6 is 0 Å². The van der Waals surface area contributed by atoms with Gasteiger partial charge in [-0.25, -0.2) is 4.98 Å². The molecule has 0 saturated heterocycles. The van der Waals surface area contributed by atoms with Gasteiger partial charge >= 0.3 is 0 Å². The molecule has 0 bridgehead atoms. The highest BCUT2D eigenvalue weighted by atomic mass is 32.2. The molecule has 0 radical (unpaired) electrons. The number of methoxy groups -OCH3 is 1. The van der Waals surface area contributed by atoms with Crippen LogP contribution in [0.15, 0.2) is 59.9 Å². The Kier molecular flexibility index (Phi) is 3.64. The van der Waals surface area contributed by atoms with Gasteiger partial charge in [-0.3, -0.25) is 9.71 Å². The molecule has 0 aliphatic heterocycles. The summed E-state index contributed by atoms with van der Waals surface area (Å²) < 4.78 is 32.5. The maximum Gasteiger partial charge on any atom is 0.279 e. The van der Waals surface area contributed by atoms with Crippen molar-refractivity contribution in [1.82, 2.24) is 9.97 Å². The molecule has 0 aliphatic carbocycles. The van der Waals surface area contributed by atoms with Gasteiger partial charge in [-0.1, -0.05) is 18.2 Å². The number of ether oxygens (including phenoxy) is 1. The van der Waals surface area contributed by atoms with Crippen molar-refractivity contribution in [2.45, 2.75) is 5.03 Å². The summed E-state index contributed by atoms with van der Waals surface area (Å²) in [6.45, 7) is 0. The normalized spacial score (nSPS) is 11.3. The van der Waals surface area contributed by atoms with Crippen molar-refractivity contribution in [2.75, 3.05) is 11.8 Å². The van der Waals surface area contributed by atoms with Crippen molar-refractivity contribution in [3.05, 3.63) is 54.9 Å². The monoisotopic (exact) mass is 315 g/mol. The van der Waals surface area contributed by atoms with Gasteiger partial charge in [0.25, 0.3) is 10.0 Å². The summed E-state index contributed by atoms with van der Waals surface area (Å²) in [5, 5.41) is 0.737. The maximum atomic E-state index is 12.5. The zero-order valence-electron chi connectivity index (χ0n) is 11.7. The van der Waals surface area contributed by atoms with E-state index < -0.39 is 10.0 Å². The summed E-state index contributed by atoms with van der Waals surface area (Å²) in [6, 6.07) is 11.9. The van der Waals surface area contributed by atoms with Gasteiger partial charge in [-0.05, 0) is 18.2 Å². The summed E-state index contributed by atoms with van der Waals surface area (Å²) >= 11 is 0. The Hall–Kier alpha value is -2.67. The molecule has 0 fully saturated rings. The smallest absolute Gasteiger partial charge is 0.279 e. The summed E-state index contributed by atoms with van der Waals surface area (Å²) in [5.41, 5.74) is 0.985. The molecule has 1 aromatic carbocycles. The SMILES string of the molecule is COc1ccnc(S(=O)(=O)Nc2cccc3cccnc23)c1. The third-order valence-electron chi connectivity index (χ3n) is 3.09. The topological polar surface area (TPSA) is 81.2 Å². The van der Waals surface area contributed by atoms with Crippen molar-refractivity contribution in [3.63, 3.8) is 0 Å². The molecule has 0 amide bonds. The first-order valence-corrected chi connectivity index (χ1v) is 7.95. The van der Waals surface area contributed by atoms with Crippen molar-refractivity contribution in [3.8, 4) is 5.75 Å². The highest BCUT2D eigenvalue weighted by molar-refractivity contribution is 7.92. The Labute approximate surface area is 127 Å². The summed E-state index contributed by atoms with van der Waals surface area (Å²) in [7, 11) is -2.35. The molecule has 3 rings (SSSR count). The lowest BCUT2D eigenvalue weighted by molar-refractivity contribution is 0.412. The van der Waals surface area contributed by atoms with Gasteiger partial charge in [0, 0.05) is 23.8 Å². The van der Waals surface area contributed by atoms with Crippen LogP contribution in [-0.2, 0) is 10.0 Å². The third-order valence-corrected chi connectivity index (χ3v) is 4.36. The minimum atomic E-state index is -3.82. The van der Waals surface area contributed by atoms with E-state index in [1.54, 1.807) is 30.5 Å². The molecule has 0 saturated carbocycles. The first kappa shape index (κ1) is 14.3. The Morgan fingerprint density at radius 3 is 2.68 bits per heavy atom. The molecule has 0 atom stereocenters. The van der Waals surface area contributed by atoms with Gasteiger partial charge in [0.05, 0.1) is 18.3 Å². The van der Waals surface area contributed by atoms with E-state index in [9.17, 15) is 8.42 Å². The Morgan fingerprint density at radius 1 is 1.05 bits per heavy atom. The standard InChI is InChI=1S/C15H13N3O3S/c1-21-12-7-9-16-14(10-12)22(19,20)18-13-6-2-4-11-5-3-8-17-15(11)13/h2-10,18H,1H3. The number of pyridine rings is 2. The number of aromatic nitrogens is 2. The van der Waals surface area contributed by atoms with Crippen LogP contribution in [0.4, 0.5) is 5.69 Å². The molecule has 0 aliphatic rings. The quantitative estimate of drug-likeness (QED) is 0.799. The number of hydrogen-bond acceptors (Lipinski definition) is 5. The van der Waals surface area contributed by atoms with Crippen LogP contribution in [-0.4, -0.2) is 25.5 Å². The van der Waals surface area contributed by atoms with Gasteiger partial charge in [0.1, 0.15) is 5.75 Å². The van der Waals surface area contributed by atoms with Gasteiger partial charge in [0.2, 0.25) is 0 Å². The number of benzene rings is 1. The largest absolute Gasteiger partial charge is 0.497 e. The predicted molar refractivity (Wildman–Crippen MR) is 83.3 cm³/mol. The van der Waals surface area contributed by atoms with E-state index >= 15 is 0 Å². The number of fused-ring (bicyclic) bond motifs is 1. The fraction of sp³-hybridized carbons (Fsp3) is 0.0667. The van der Waals surface area contributed by atoms with Crippen molar-refractivity contribution < 1.29 is 13.2 Å². The Bertz CT molecular complexity index is 921. The van der Waals surface area contributed by atoms with Crippen LogP contribution < -0.4 is 9.46 Å². The molecule has 2 heterocycles. The average Bonchev–Trinajstić information content (AvgIpc) is 2.55. The maximum absolute atomic E-state index is 12.5. The molecule has 112 valence electrons. The average molecular weight is 315 g/mol. The van der Waals surface area contributed by atoms with Gasteiger partial charge in [-0.15, -0.1) is 0 Å². The van der Waals surface area contributed by atoms with E-state index in [0.717, 1.165) is 5.39 Å². The second kappa shape index (κ2) is 5.61. The number of anilines is 1. The van der Waals surface area contributed by atoms with Crippen LogP contribution in [0.5, 0.6) is 5.75 Å². The van der Waals surface area contributed by atoms with Crippen molar-refractivity contribution in [1.29, 1.82) is 0 Å². The minimum Gasteiger partial charge on any atom is -0.497 e. The number of nitrogens with one attached hydrogen (secondary N) is 1. The number of nitrogens with zero attached hydrogens (tertiary/aromatic N) is 2. The van der Waals surface area contributed by atoms with E-state index in [1.165, 1.54) is 19.4 Å². The minimum absolute atomic E-state index is 0.111. The predicted octanol–water partition coefficient (Wildman–Crippen LogP) is 2.44. The zero-order chi connectivity index (χ0) is 15.6. The molecule has 22 heavy (non-hydrogen) atoms. The first-order chi connectivity index (χ1) is 10.6. The molecule has 7 heteroatoms. The molecule has 0 unspecified atom stereocenters. The van der Waals surface area contributed by atoms with E-state index in [0.29, 0.717) is 17.0 Å². The van der Waals surface area contributed by atoms with E-state index in [-0.39, 0.29) is 5.03 Å².